The SMILES string of the molecule is CCC(C)(CC)c1cc(C)c(C)cn1.CCC(C)(CC)c1cc(F)c(C)c(F)c1.CCC(C)(CC)c1ccc(C)c(C)c1.CCC(C)(CC)c1ccc(C)c(C)c1.CCC(C)(CC)c1ccc(C)nc1.CCC(C)(CC)c1cnc(C)c(F)c1.CCCCC.CCCCC.CCCCC.CCCCC.CCCCC.CCCCC. The molecule has 6 rings (SSSR count). The van der Waals surface area contributed by atoms with E-state index >= 15 is 0 Å². The summed E-state index contributed by atoms with van der Waals surface area (Å²) >= 11 is 0. The first kappa shape index (κ1) is 120. The van der Waals surface area contributed by atoms with E-state index in [4.69, 9.17) is 0 Å². The van der Waals surface area contributed by atoms with Crippen LogP contribution in [-0.4, -0.2) is 15.0 Å². The van der Waals surface area contributed by atoms with E-state index in [1.54, 1.807) is 19.2 Å². The van der Waals surface area contributed by atoms with Crippen molar-refractivity contribution < 1.29 is 13.2 Å². The summed E-state index contributed by atoms with van der Waals surface area (Å²) in [7, 11) is 0. The zero-order valence-electron chi connectivity index (χ0n) is 83.3. The van der Waals surface area contributed by atoms with Gasteiger partial charge in [-0.25, -0.2) is 13.2 Å². The fraction of sp³-hybridized carbons (Fsp3) is 0.694. The standard InChI is InChI=1S/2C14H22.C13H18F2.C13H21N.C12H18FN.C12H19N.6C5H12/c2*1-6-14(5,7-2)13-9-8-11(3)12(4)10-13;1-5-13(4,6-2)10-7-11(14)9(3)12(15)8-10;1-6-13(5,7-2)12-8-10(3)11(4)9-14-12;1-5-12(4,6-2)10-7-11(13)9(3)14-8-10;1-5-12(4,6-2)11-8-7-10(3)13-9-11;6*1-3-5-4-2/h2*8-10H,6-7H2,1-5H3;7-8H,5-6H2,1-4H3;8-9H,6-7H2,1-5H3;7-8H,5-6H2,1-4H3;7-9H,5-6H2,1-4H3;6*3-5H2,1-2H3. The monoisotopic (exact) mass is 1590 g/mol. The topological polar surface area (TPSA) is 38.7 Å². The van der Waals surface area contributed by atoms with E-state index in [0.29, 0.717) is 21.9 Å². The van der Waals surface area contributed by atoms with Gasteiger partial charge in [-0.2, -0.15) is 0 Å². The van der Waals surface area contributed by atoms with Gasteiger partial charge in [0.1, 0.15) is 17.5 Å². The molecule has 0 N–H and O–H groups in total. The van der Waals surface area contributed by atoms with E-state index in [1.165, 1.54) is 229 Å². The lowest BCUT2D eigenvalue weighted by molar-refractivity contribution is 0.425. The number of pyridine rings is 3. The molecule has 3 heterocycles. The number of hydrogen-bond acceptors (Lipinski definition) is 3. The maximum absolute atomic E-state index is 13.4. The summed E-state index contributed by atoms with van der Waals surface area (Å²) in [5, 5.41) is 0. The van der Waals surface area contributed by atoms with Crippen LogP contribution in [0.1, 0.15) is 484 Å². The summed E-state index contributed by atoms with van der Waals surface area (Å²) in [5.41, 5.74) is 18.5. The van der Waals surface area contributed by atoms with Crippen molar-refractivity contribution in [3.63, 3.8) is 0 Å². The van der Waals surface area contributed by atoms with E-state index in [2.05, 4.69) is 298 Å². The van der Waals surface area contributed by atoms with Crippen molar-refractivity contribution in [2.75, 3.05) is 0 Å². The fourth-order valence-corrected chi connectivity index (χ4v) is 11.9. The Bertz CT molecular complexity index is 2860. The van der Waals surface area contributed by atoms with Crippen LogP contribution in [0.2, 0.25) is 0 Å². The first-order chi connectivity index (χ1) is 53.7. The minimum Gasteiger partial charge on any atom is -0.261 e. The molecule has 0 aliphatic heterocycles. The molecule has 0 atom stereocenters. The van der Waals surface area contributed by atoms with Crippen molar-refractivity contribution in [1.82, 2.24) is 15.0 Å². The van der Waals surface area contributed by atoms with E-state index in [9.17, 15) is 13.2 Å². The van der Waals surface area contributed by atoms with E-state index < -0.39 is 11.6 Å². The number of rotatable bonds is 30. The van der Waals surface area contributed by atoms with Crippen LogP contribution >= 0.6 is 0 Å². The van der Waals surface area contributed by atoms with E-state index in [-0.39, 0.29) is 27.6 Å². The summed E-state index contributed by atoms with van der Waals surface area (Å²) in [6.07, 6.45) is 43.6. The Morgan fingerprint density at radius 1 is 0.228 bits per heavy atom. The number of benzene rings is 3. The van der Waals surface area contributed by atoms with E-state index in [1.807, 2.05) is 40.1 Å². The Balaban J connectivity index is -0.000000286. The first-order valence-corrected chi connectivity index (χ1v) is 46.8. The molecule has 6 aromatic rings. The molecule has 0 aliphatic carbocycles. The van der Waals surface area contributed by atoms with Gasteiger partial charge in [0.25, 0.3) is 0 Å². The van der Waals surface area contributed by atoms with Gasteiger partial charge in [0, 0.05) is 41.0 Å². The number of halogens is 3. The third kappa shape index (κ3) is 48.7. The second-order valence-electron chi connectivity index (χ2n) is 34.0. The van der Waals surface area contributed by atoms with Gasteiger partial charge < -0.3 is 0 Å². The number of nitrogens with zero attached hydrogens (tertiary/aromatic N) is 3. The van der Waals surface area contributed by atoms with Gasteiger partial charge in [-0.05, 0) is 258 Å². The molecule has 3 aromatic carbocycles. The Labute approximate surface area is 711 Å². The van der Waals surface area contributed by atoms with Crippen LogP contribution in [0, 0.1) is 79.8 Å². The predicted molar refractivity (Wildman–Crippen MR) is 513 cm³/mol. The van der Waals surface area contributed by atoms with E-state index in [0.717, 1.165) is 55.3 Å². The average Bonchev–Trinajstić information content (AvgIpc) is 0.798. The molecule has 0 aliphatic rings. The van der Waals surface area contributed by atoms with Crippen LogP contribution in [0.4, 0.5) is 13.2 Å². The Kier molecular flexibility index (Phi) is 73.3. The fourth-order valence-electron chi connectivity index (χ4n) is 11.9. The minimum atomic E-state index is -0.446. The molecule has 0 saturated carbocycles. The van der Waals surface area contributed by atoms with Crippen molar-refractivity contribution in [2.24, 2.45) is 0 Å². The quantitative estimate of drug-likeness (QED) is 0.0451. The lowest BCUT2D eigenvalue weighted by atomic mass is 9.77. The molecule has 3 nitrogen and oxygen atoms in total. The van der Waals surface area contributed by atoms with Crippen LogP contribution in [-0.2, 0) is 32.5 Å². The molecule has 0 saturated heterocycles. The number of unbranched alkanes of at least 4 members (excludes halogenated alkanes) is 12. The van der Waals surface area contributed by atoms with Crippen molar-refractivity contribution in [2.45, 2.75) is 495 Å². The predicted octanol–water partition coefficient (Wildman–Crippen LogP) is 37.1. The van der Waals surface area contributed by atoms with Crippen LogP contribution < -0.4 is 0 Å². The summed E-state index contributed by atoms with van der Waals surface area (Å²) < 4.78 is 40.1. The minimum absolute atomic E-state index is 0.0571. The molecule has 3 aromatic heterocycles. The van der Waals surface area contributed by atoms with Gasteiger partial charge in [0.15, 0.2) is 0 Å². The van der Waals surface area contributed by atoms with Crippen LogP contribution in [0.25, 0.3) is 0 Å². The Hall–Kier alpha value is -5.10. The Morgan fingerprint density at radius 3 is 0.728 bits per heavy atom. The first-order valence-electron chi connectivity index (χ1n) is 46.8. The highest BCUT2D eigenvalue weighted by molar-refractivity contribution is 5.36. The van der Waals surface area contributed by atoms with Crippen molar-refractivity contribution in [1.29, 1.82) is 0 Å². The summed E-state index contributed by atoms with van der Waals surface area (Å²) in [6, 6.07) is 24.8. The van der Waals surface area contributed by atoms with Crippen molar-refractivity contribution >= 4 is 0 Å². The molecule has 114 heavy (non-hydrogen) atoms. The largest absolute Gasteiger partial charge is 0.261 e. The molecular formula is C108H192F3N3. The summed E-state index contributed by atoms with van der Waals surface area (Å²) in [5.74, 6) is -1.09. The number of aryl methyl sites for hydroxylation is 8. The van der Waals surface area contributed by atoms with Crippen LogP contribution in [0.5, 0.6) is 0 Å². The number of hydrogen-bond donors (Lipinski definition) is 0. The molecule has 0 bridgehead atoms. The molecule has 0 unspecified atom stereocenters. The van der Waals surface area contributed by atoms with Gasteiger partial charge >= 0.3 is 0 Å². The van der Waals surface area contributed by atoms with Crippen molar-refractivity contribution in [3.8, 4) is 0 Å². The smallest absolute Gasteiger partial charge is 0.144 e. The zero-order valence-corrected chi connectivity index (χ0v) is 83.3. The molecular weight excluding hydrogens is 1400 g/mol. The highest BCUT2D eigenvalue weighted by Gasteiger charge is 2.28. The molecule has 0 radical (unpaired) electrons. The van der Waals surface area contributed by atoms with Crippen LogP contribution in [0.15, 0.2) is 91.4 Å². The molecule has 6 heteroatoms. The second-order valence-corrected chi connectivity index (χ2v) is 34.0. The molecule has 0 spiro atoms. The zero-order chi connectivity index (χ0) is 89.3. The van der Waals surface area contributed by atoms with Gasteiger partial charge in [-0.15, -0.1) is 0 Å². The lowest BCUT2D eigenvalue weighted by Crippen LogP contribution is -2.21. The van der Waals surface area contributed by atoms with Gasteiger partial charge in [-0.3, -0.25) is 15.0 Å². The molecule has 0 amide bonds. The number of aromatic nitrogens is 3. The van der Waals surface area contributed by atoms with Gasteiger partial charge in [-0.1, -0.05) is 366 Å². The van der Waals surface area contributed by atoms with Crippen molar-refractivity contribution in [3.05, 3.63) is 193 Å². The lowest BCUT2D eigenvalue weighted by Gasteiger charge is -2.28. The van der Waals surface area contributed by atoms with Crippen LogP contribution in [0.3, 0.4) is 0 Å². The third-order valence-electron chi connectivity index (χ3n) is 25.3. The average molecular weight is 1590 g/mol. The van der Waals surface area contributed by atoms with Gasteiger partial charge in [0.05, 0.1) is 5.69 Å². The summed E-state index contributed by atoms with van der Waals surface area (Å²) in [4.78, 5) is 13.0. The maximum Gasteiger partial charge on any atom is 0.144 e. The second kappa shape index (κ2) is 69.8. The van der Waals surface area contributed by atoms with Gasteiger partial charge in [0.2, 0.25) is 0 Å². The maximum atomic E-state index is 13.4. The highest BCUT2D eigenvalue weighted by Crippen LogP contribution is 2.37. The molecule has 0 fully saturated rings. The third-order valence-corrected chi connectivity index (χ3v) is 25.3. The summed E-state index contributed by atoms with van der Waals surface area (Å²) in [6.45, 7) is 84.6. The Morgan fingerprint density at radius 2 is 0.482 bits per heavy atom. The normalized spacial score (nSPS) is 10.9. The molecule has 660 valence electrons. The highest BCUT2D eigenvalue weighted by atomic mass is 19.1.